The highest BCUT2D eigenvalue weighted by Crippen LogP contribution is 2.28. The Kier molecular flexibility index (Phi) is 5.67. The number of nitrogens with zero attached hydrogens (tertiary/aromatic N) is 1. The van der Waals surface area contributed by atoms with E-state index in [1.807, 2.05) is 19.1 Å². The predicted octanol–water partition coefficient (Wildman–Crippen LogP) is 5.26. The number of hydrogen-bond acceptors (Lipinski definition) is 3. The molecule has 2 heterocycles. The minimum Gasteiger partial charge on any atom is -0.451 e. The molecular formula is C24H26FNO3. The fourth-order valence-corrected chi connectivity index (χ4v) is 3.90. The molecule has 1 fully saturated rings. The van der Waals surface area contributed by atoms with Gasteiger partial charge in [0.2, 0.25) is 0 Å². The fourth-order valence-electron chi connectivity index (χ4n) is 3.90. The van der Waals surface area contributed by atoms with Crippen LogP contribution in [0.1, 0.15) is 47.0 Å². The summed E-state index contributed by atoms with van der Waals surface area (Å²) in [6.07, 6.45) is 2.90. The van der Waals surface area contributed by atoms with Crippen LogP contribution in [0.4, 0.5) is 4.39 Å². The molecular weight excluding hydrogens is 369 g/mol. The van der Waals surface area contributed by atoms with Crippen LogP contribution in [0.2, 0.25) is 0 Å². The van der Waals surface area contributed by atoms with E-state index in [4.69, 9.17) is 9.15 Å². The Morgan fingerprint density at radius 3 is 2.62 bits per heavy atom. The number of aryl methyl sites for hydroxylation is 2. The maximum Gasteiger partial charge on any atom is 0.290 e. The Morgan fingerprint density at radius 1 is 1.17 bits per heavy atom. The standard InChI is InChI=1S/C24H26FNO3/c1-3-17-8-11-22-21(13-17)16(2)23(29-22)24(27)26(15-20-5-4-12-28-20)14-18-6-9-19(25)10-7-18/h6-11,13,20H,3-5,12,14-15H2,1-2H3. The van der Waals surface area contributed by atoms with Crippen molar-refractivity contribution in [3.05, 3.63) is 70.7 Å². The van der Waals surface area contributed by atoms with Crippen molar-refractivity contribution in [2.75, 3.05) is 13.2 Å². The van der Waals surface area contributed by atoms with E-state index in [2.05, 4.69) is 13.0 Å². The summed E-state index contributed by atoms with van der Waals surface area (Å²) in [5.74, 6) is -0.0736. The van der Waals surface area contributed by atoms with Crippen LogP contribution in [0, 0.1) is 12.7 Å². The number of fused-ring (bicyclic) bond motifs is 1. The average molecular weight is 395 g/mol. The number of hydrogen-bond donors (Lipinski definition) is 0. The first-order valence-electron chi connectivity index (χ1n) is 10.2. The molecule has 4 nitrogen and oxygen atoms in total. The van der Waals surface area contributed by atoms with E-state index in [9.17, 15) is 9.18 Å². The zero-order valence-corrected chi connectivity index (χ0v) is 16.9. The third kappa shape index (κ3) is 4.20. The van der Waals surface area contributed by atoms with Gasteiger partial charge >= 0.3 is 0 Å². The lowest BCUT2D eigenvalue weighted by atomic mass is 10.1. The second-order valence-corrected chi connectivity index (χ2v) is 7.69. The van der Waals surface area contributed by atoms with Gasteiger partial charge in [0.05, 0.1) is 6.10 Å². The van der Waals surface area contributed by atoms with Gasteiger partial charge in [0.25, 0.3) is 5.91 Å². The van der Waals surface area contributed by atoms with Crippen LogP contribution >= 0.6 is 0 Å². The Bertz CT molecular complexity index is 1000. The molecule has 2 aromatic carbocycles. The Labute approximate surface area is 170 Å². The summed E-state index contributed by atoms with van der Waals surface area (Å²) >= 11 is 0. The van der Waals surface area contributed by atoms with Crippen LogP contribution in [0.25, 0.3) is 11.0 Å². The first-order valence-corrected chi connectivity index (χ1v) is 10.2. The van der Waals surface area contributed by atoms with Gasteiger partial charge in [-0.25, -0.2) is 4.39 Å². The number of ether oxygens (including phenoxy) is 1. The van der Waals surface area contributed by atoms with Gasteiger partial charge in [0.15, 0.2) is 5.76 Å². The molecule has 1 saturated heterocycles. The van der Waals surface area contributed by atoms with Gasteiger partial charge in [-0.3, -0.25) is 4.79 Å². The highest BCUT2D eigenvalue weighted by Gasteiger charge is 2.27. The molecule has 5 heteroatoms. The normalized spacial score (nSPS) is 16.4. The summed E-state index contributed by atoms with van der Waals surface area (Å²) in [4.78, 5) is 15.2. The molecule has 1 unspecified atom stereocenters. The van der Waals surface area contributed by atoms with Crippen molar-refractivity contribution in [3.8, 4) is 0 Å². The summed E-state index contributed by atoms with van der Waals surface area (Å²) < 4.78 is 25.0. The first kappa shape index (κ1) is 19.6. The zero-order valence-electron chi connectivity index (χ0n) is 16.9. The summed E-state index contributed by atoms with van der Waals surface area (Å²) in [7, 11) is 0. The van der Waals surface area contributed by atoms with Gasteiger partial charge in [-0.1, -0.05) is 25.1 Å². The minimum atomic E-state index is -0.286. The molecule has 4 rings (SSSR count). The minimum absolute atomic E-state index is 0.0239. The van der Waals surface area contributed by atoms with Gasteiger partial charge in [0, 0.05) is 30.6 Å². The van der Waals surface area contributed by atoms with Crippen LogP contribution in [0.3, 0.4) is 0 Å². The van der Waals surface area contributed by atoms with Crippen LogP contribution in [-0.2, 0) is 17.7 Å². The van der Waals surface area contributed by atoms with Gasteiger partial charge < -0.3 is 14.1 Å². The summed E-state index contributed by atoms with van der Waals surface area (Å²) in [5, 5.41) is 0.978. The van der Waals surface area contributed by atoms with Gasteiger partial charge in [-0.2, -0.15) is 0 Å². The largest absolute Gasteiger partial charge is 0.451 e. The number of amides is 1. The van der Waals surface area contributed by atoms with Crippen molar-refractivity contribution in [1.82, 2.24) is 4.90 Å². The lowest BCUT2D eigenvalue weighted by Crippen LogP contribution is -2.37. The van der Waals surface area contributed by atoms with Crippen molar-refractivity contribution in [2.24, 2.45) is 0 Å². The second kappa shape index (κ2) is 8.37. The summed E-state index contributed by atoms with van der Waals surface area (Å²) in [5.41, 5.74) is 3.67. The molecule has 0 aliphatic carbocycles. The SMILES string of the molecule is CCc1ccc2oc(C(=O)N(Cc3ccc(F)cc3)CC3CCCO3)c(C)c2c1. The zero-order chi connectivity index (χ0) is 20.4. The molecule has 0 spiro atoms. The number of furan rings is 1. The third-order valence-corrected chi connectivity index (χ3v) is 5.63. The molecule has 0 N–H and O–H groups in total. The molecule has 0 radical (unpaired) electrons. The summed E-state index contributed by atoms with van der Waals surface area (Å²) in [6.45, 7) is 5.64. The third-order valence-electron chi connectivity index (χ3n) is 5.63. The highest BCUT2D eigenvalue weighted by atomic mass is 19.1. The molecule has 1 aliphatic heterocycles. The van der Waals surface area contributed by atoms with Crippen LogP contribution < -0.4 is 0 Å². The van der Waals surface area contributed by atoms with Crippen molar-refractivity contribution < 1.29 is 18.3 Å². The van der Waals surface area contributed by atoms with E-state index in [1.54, 1.807) is 17.0 Å². The van der Waals surface area contributed by atoms with Gasteiger partial charge in [0.1, 0.15) is 11.4 Å². The molecule has 1 amide bonds. The number of carbonyl (C=O) groups is 1. The van der Waals surface area contributed by atoms with E-state index in [0.29, 0.717) is 18.8 Å². The van der Waals surface area contributed by atoms with Crippen LogP contribution in [0.15, 0.2) is 46.9 Å². The number of halogens is 1. The topological polar surface area (TPSA) is 42.7 Å². The van der Waals surface area contributed by atoms with E-state index in [-0.39, 0.29) is 17.8 Å². The van der Waals surface area contributed by atoms with E-state index >= 15 is 0 Å². The second-order valence-electron chi connectivity index (χ2n) is 7.69. The van der Waals surface area contributed by atoms with Crippen molar-refractivity contribution in [3.63, 3.8) is 0 Å². The lowest BCUT2D eigenvalue weighted by Gasteiger charge is -2.25. The molecule has 0 bridgehead atoms. The Hall–Kier alpha value is -2.66. The van der Waals surface area contributed by atoms with Gasteiger partial charge in [-0.15, -0.1) is 0 Å². The number of benzene rings is 2. The molecule has 152 valence electrons. The van der Waals surface area contributed by atoms with Crippen LogP contribution in [-0.4, -0.2) is 30.1 Å². The predicted molar refractivity (Wildman–Crippen MR) is 110 cm³/mol. The molecule has 1 aliphatic rings. The van der Waals surface area contributed by atoms with E-state index in [0.717, 1.165) is 48.0 Å². The quantitative estimate of drug-likeness (QED) is 0.571. The van der Waals surface area contributed by atoms with E-state index < -0.39 is 0 Å². The Balaban J connectivity index is 1.65. The molecule has 1 atom stereocenters. The van der Waals surface area contributed by atoms with Crippen molar-refractivity contribution >= 4 is 16.9 Å². The Morgan fingerprint density at radius 2 is 1.93 bits per heavy atom. The first-order chi connectivity index (χ1) is 14.0. The molecule has 3 aromatic rings. The van der Waals surface area contributed by atoms with E-state index in [1.165, 1.54) is 17.7 Å². The maximum atomic E-state index is 13.5. The van der Waals surface area contributed by atoms with Crippen LogP contribution in [0.5, 0.6) is 0 Å². The smallest absolute Gasteiger partial charge is 0.290 e. The maximum absolute atomic E-state index is 13.5. The number of rotatable bonds is 6. The fraction of sp³-hybridized carbons (Fsp3) is 0.375. The average Bonchev–Trinajstić information content (AvgIpc) is 3.36. The van der Waals surface area contributed by atoms with Crippen molar-refractivity contribution in [1.29, 1.82) is 0 Å². The monoisotopic (exact) mass is 395 g/mol. The highest BCUT2D eigenvalue weighted by molar-refractivity contribution is 5.99. The van der Waals surface area contributed by atoms with Gasteiger partial charge in [-0.05, 0) is 61.6 Å². The number of carbonyl (C=O) groups excluding carboxylic acids is 1. The van der Waals surface area contributed by atoms with Crippen molar-refractivity contribution in [2.45, 2.75) is 45.8 Å². The molecule has 29 heavy (non-hydrogen) atoms. The summed E-state index contributed by atoms with van der Waals surface area (Å²) in [6, 6.07) is 12.3. The molecule has 1 aromatic heterocycles. The lowest BCUT2D eigenvalue weighted by molar-refractivity contribution is 0.0485. The molecule has 0 saturated carbocycles.